The maximum Gasteiger partial charge on any atom is 0.426 e. The molecule has 1 heterocycles. The molecule has 3 aromatic carbocycles. The number of likely N-dealkylation sites (tertiary alicyclic amines) is 1. The minimum Gasteiger partial charge on any atom is -0.339 e. The maximum absolute atomic E-state index is 14.9. The highest BCUT2D eigenvalue weighted by Crippen LogP contribution is 2.51. The SMILES string of the molecule is CC(CC(=O)N1CC[C@@]2(Cc3ccc(F)cc3)c3ccc(C(C)(F)C(F)(F)F)cc3CC[C@@H]12)S(=O)(=O)c1ccc(Cl)cc1. The van der Waals surface area contributed by atoms with E-state index in [1.165, 1.54) is 55.5 Å². The van der Waals surface area contributed by atoms with E-state index in [1.807, 2.05) is 0 Å². The molecule has 1 saturated heterocycles. The van der Waals surface area contributed by atoms with Gasteiger partial charge in [0.2, 0.25) is 11.6 Å². The number of benzene rings is 3. The molecule has 1 amide bonds. The molecule has 5 rings (SSSR count). The minimum absolute atomic E-state index is 0.0606. The first-order chi connectivity index (χ1) is 20.1. The van der Waals surface area contributed by atoms with Gasteiger partial charge in [0, 0.05) is 29.4 Å². The van der Waals surface area contributed by atoms with Crippen molar-refractivity contribution in [2.75, 3.05) is 6.54 Å². The van der Waals surface area contributed by atoms with Crippen LogP contribution >= 0.6 is 11.6 Å². The number of rotatable bonds is 7. The molecule has 1 aliphatic heterocycles. The van der Waals surface area contributed by atoms with E-state index in [9.17, 15) is 35.2 Å². The van der Waals surface area contributed by atoms with Gasteiger partial charge in [-0.2, -0.15) is 13.2 Å². The third-order valence-electron chi connectivity index (χ3n) is 9.10. The topological polar surface area (TPSA) is 54.5 Å². The van der Waals surface area contributed by atoms with E-state index in [0.29, 0.717) is 49.7 Å². The summed E-state index contributed by atoms with van der Waals surface area (Å²) in [6.45, 7) is 2.29. The largest absolute Gasteiger partial charge is 0.426 e. The van der Waals surface area contributed by atoms with Gasteiger partial charge in [-0.05, 0) is 98.2 Å². The summed E-state index contributed by atoms with van der Waals surface area (Å²) in [5.41, 5.74) is -2.66. The molecule has 0 saturated carbocycles. The Balaban J connectivity index is 1.48. The second kappa shape index (κ2) is 11.2. The van der Waals surface area contributed by atoms with E-state index < -0.39 is 43.7 Å². The predicted molar refractivity (Wildman–Crippen MR) is 154 cm³/mol. The Bertz CT molecular complexity index is 1620. The molecule has 0 N–H and O–H groups in total. The average Bonchev–Trinajstić information content (AvgIpc) is 3.33. The molecule has 1 fully saturated rings. The van der Waals surface area contributed by atoms with Crippen molar-refractivity contribution in [3.63, 3.8) is 0 Å². The molecule has 11 heteroatoms. The van der Waals surface area contributed by atoms with Gasteiger partial charge in [-0.25, -0.2) is 17.2 Å². The number of fused-ring (bicyclic) bond motifs is 3. The van der Waals surface area contributed by atoms with E-state index in [1.54, 1.807) is 17.0 Å². The second-order valence-corrected chi connectivity index (χ2v) is 14.5. The number of nitrogens with zero attached hydrogens (tertiary/aromatic N) is 1. The average molecular weight is 640 g/mol. The van der Waals surface area contributed by atoms with Crippen LogP contribution in [0.15, 0.2) is 71.6 Å². The van der Waals surface area contributed by atoms with Crippen LogP contribution < -0.4 is 0 Å². The van der Waals surface area contributed by atoms with Gasteiger partial charge in [0.05, 0.1) is 10.1 Å². The summed E-state index contributed by atoms with van der Waals surface area (Å²) in [6.07, 6.45) is -3.81. The van der Waals surface area contributed by atoms with Crippen molar-refractivity contribution >= 4 is 27.3 Å². The second-order valence-electron chi connectivity index (χ2n) is 11.7. The molecule has 4 nitrogen and oxygen atoms in total. The van der Waals surface area contributed by atoms with Crippen LogP contribution in [0.2, 0.25) is 5.02 Å². The fourth-order valence-electron chi connectivity index (χ4n) is 6.62. The van der Waals surface area contributed by atoms with Gasteiger partial charge in [0.15, 0.2) is 9.84 Å². The zero-order valence-electron chi connectivity index (χ0n) is 23.6. The van der Waals surface area contributed by atoms with Crippen LogP contribution in [0.1, 0.15) is 55.4 Å². The molecule has 2 aliphatic rings. The van der Waals surface area contributed by atoms with E-state index in [-0.39, 0.29) is 23.3 Å². The summed E-state index contributed by atoms with van der Waals surface area (Å²) in [5.74, 6) is -0.760. The minimum atomic E-state index is -5.09. The number of sulfone groups is 1. The predicted octanol–water partition coefficient (Wildman–Crippen LogP) is 7.51. The molecule has 230 valence electrons. The van der Waals surface area contributed by atoms with Gasteiger partial charge < -0.3 is 4.90 Å². The highest BCUT2D eigenvalue weighted by atomic mass is 35.5. The van der Waals surface area contributed by atoms with E-state index in [4.69, 9.17) is 11.6 Å². The Labute approximate surface area is 252 Å². The van der Waals surface area contributed by atoms with Crippen LogP contribution in [0.25, 0.3) is 0 Å². The number of hydrogen-bond acceptors (Lipinski definition) is 3. The van der Waals surface area contributed by atoms with Crippen molar-refractivity contribution in [2.45, 2.75) is 79.4 Å². The normalized spacial score (nSPS) is 22.4. The number of aryl methyl sites for hydroxylation is 1. The Hall–Kier alpha value is -2.98. The monoisotopic (exact) mass is 639 g/mol. The highest BCUT2D eigenvalue weighted by molar-refractivity contribution is 7.92. The number of amides is 1. The molecular formula is C32H31ClF5NO3S. The fourth-order valence-corrected chi connectivity index (χ4v) is 8.09. The lowest BCUT2D eigenvalue weighted by Crippen LogP contribution is -2.50. The molecule has 43 heavy (non-hydrogen) atoms. The number of carbonyl (C=O) groups is 1. The molecule has 0 spiro atoms. The molecule has 2 unspecified atom stereocenters. The number of halogens is 6. The van der Waals surface area contributed by atoms with Crippen molar-refractivity contribution in [2.24, 2.45) is 0 Å². The van der Waals surface area contributed by atoms with Crippen molar-refractivity contribution in [3.05, 3.63) is 99.8 Å². The zero-order chi connectivity index (χ0) is 31.4. The third-order valence-corrected chi connectivity index (χ3v) is 11.5. The summed E-state index contributed by atoms with van der Waals surface area (Å²) in [6, 6.07) is 15.2. The highest BCUT2D eigenvalue weighted by Gasteiger charge is 2.55. The van der Waals surface area contributed by atoms with Gasteiger partial charge in [0.1, 0.15) is 5.82 Å². The van der Waals surface area contributed by atoms with Crippen LogP contribution in [0.4, 0.5) is 22.0 Å². The molecule has 3 aromatic rings. The Morgan fingerprint density at radius 1 is 1.05 bits per heavy atom. The van der Waals surface area contributed by atoms with Crippen molar-refractivity contribution in [1.82, 2.24) is 4.90 Å². The van der Waals surface area contributed by atoms with Gasteiger partial charge in [-0.1, -0.05) is 41.9 Å². The molecule has 0 radical (unpaired) electrons. The van der Waals surface area contributed by atoms with E-state index in [2.05, 4.69) is 0 Å². The summed E-state index contributed by atoms with van der Waals surface area (Å²) in [5, 5.41) is -0.632. The molecule has 1 aliphatic carbocycles. The van der Waals surface area contributed by atoms with E-state index in [0.717, 1.165) is 17.2 Å². The number of alkyl halides is 4. The van der Waals surface area contributed by atoms with Crippen LogP contribution in [0.5, 0.6) is 0 Å². The van der Waals surface area contributed by atoms with Crippen molar-refractivity contribution in [1.29, 1.82) is 0 Å². The quantitative estimate of drug-likeness (QED) is 0.252. The number of carbonyl (C=O) groups excluding carboxylic acids is 1. The molecule has 4 atom stereocenters. The van der Waals surface area contributed by atoms with E-state index >= 15 is 0 Å². The summed E-state index contributed by atoms with van der Waals surface area (Å²) in [7, 11) is -3.83. The first-order valence-electron chi connectivity index (χ1n) is 14.0. The van der Waals surface area contributed by atoms with Gasteiger partial charge in [0.25, 0.3) is 0 Å². The van der Waals surface area contributed by atoms with Crippen molar-refractivity contribution in [3.8, 4) is 0 Å². The lowest BCUT2D eigenvalue weighted by molar-refractivity contribution is -0.228. The van der Waals surface area contributed by atoms with Crippen LogP contribution in [-0.2, 0) is 38.6 Å². The van der Waals surface area contributed by atoms with Crippen LogP contribution in [0.3, 0.4) is 0 Å². The summed E-state index contributed by atoms with van der Waals surface area (Å²) in [4.78, 5) is 15.5. The first kappa shape index (κ1) is 31.4. The van der Waals surface area contributed by atoms with Crippen LogP contribution in [-0.4, -0.2) is 43.2 Å². The fraction of sp³-hybridized carbons (Fsp3) is 0.406. The lowest BCUT2D eigenvalue weighted by atomic mass is 9.63. The standard InChI is InChI=1S/C32H31ClF5NO3S/c1-20(43(41,42)26-11-7-24(33)8-12-26)17-29(40)39-16-15-31(19-21-3-9-25(34)10-4-21)27-13-6-23(30(2,35)32(36,37)38)18-22(27)5-14-28(31)39/h3-4,6-13,18,20,28H,5,14-17,19H2,1-2H3/t20?,28-,30?,31-/m1/s1. The molecule has 0 aromatic heterocycles. The Kier molecular flexibility index (Phi) is 8.18. The van der Waals surface area contributed by atoms with Crippen molar-refractivity contribution < 1.29 is 35.2 Å². The summed E-state index contributed by atoms with van der Waals surface area (Å²) < 4.78 is 95.6. The van der Waals surface area contributed by atoms with Gasteiger partial charge >= 0.3 is 6.18 Å². The zero-order valence-corrected chi connectivity index (χ0v) is 25.2. The van der Waals surface area contributed by atoms with Gasteiger partial charge in [-0.15, -0.1) is 0 Å². The Morgan fingerprint density at radius 3 is 2.33 bits per heavy atom. The smallest absolute Gasteiger partial charge is 0.339 e. The van der Waals surface area contributed by atoms with Crippen LogP contribution in [0, 0.1) is 5.82 Å². The first-order valence-corrected chi connectivity index (χ1v) is 15.9. The lowest BCUT2D eigenvalue weighted by Gasteiger charge is -2.44. The Morgan fingerprint density at radius 2 is 1.70 bits per heavy atom. The van der Waals surface area contributed by atoms with Gasteiger partial charge in [-0.3, -0.25) is 4.79 Å². The summed E-state index contributed by atoms with van der Waals surface area (Å²) >= 11 is 5.90. The maximum atomic E-state index is 14.9. The molecule has 0 bridgehead atoms. The molecular weight excluding hydrogens is 609 g/mol. The third kappa shape index (κ3) is 5.68. The number of hydrogen-bond donors (Lipinski definition) is 0.